The van der Waals surface area contributed by atoms with Crippen LogP contribution in [0.25, 0.3) is 0 Å². The Balaban J connectivity index is 3.20. The zero-order chi connectivity index (χ0) is 9.84. The van der Waals surface area contributed by atoms with Crippen LogP contribution in [-0.4, -0.2) is 0 Å². The summed E-state index contributed by atoms with van der Waals surface area (Å²) >= 11 is 0. The summed E-state index contributed by atoms with van der Waals surface area (Å²) in [5, 5.41) is 11.6. The normalized spacial score (nSPS) is 10.4. The number of aryl methyl sites for hydroxylation is 2. The van der Waals surface area contributed by atoms with E-state index in [1.165, 1.54) is 5.56 Å². The van der Waals surface area contributed by atoms with Gasteiger partial charge < -0.3 is 5.73 Å². The fourth-order valence-corrected chi connectivity index (χ4v) is 1.44. The van der Waals surface area contributed by atoms with Crippen LogP contribution in [0.15, 0.2) is 12.1 Å². The smallest absolute Gasteiger partial charge is 0.186 e. The molecule has 0 amide bonds. The molecule has 2 nitrogen and oxygen atoms in total. The highest BCUT2D eigenvalue weighted by Crippen LogP contribution is 2.25. The molecule has 0 spiro atoms. The molecule has 1 aromatic carbocycles. The minimum atomic E-state index is 0.127. The van der Waals surface area contributed by atoms with E-state index in [0.717, 1.165) is 24.0 Å². The molecule has 0 bridgehead atoms. The first-order valence-corrected chi connectivity index (χ1v) is 4.74. The maximum absolute atomic E-state index is 11.6. The van der Waals surface area contributed by atoms with Crippen LogP contribution in [0.5, 0.6) is 5.75 Å². The summed E-state index contributed by atoms with van der Waals surface area (Å²) in [6.45, 7) is 4.43. The molecule has 0 aliphatic rings. The van der Waals surface area contributed by atoms with Gasteiger partial charge in [-0.1, -0.05) is 26.0 Å². The topological polar surface area (TPSA) is 45.9 Å². The minimum absolute atomic E-state index is 0.127. The second-order valence-corrected chi connectivity index (χ2v) is 3.15. The fourth-order valence-electron chi connectivity index (χ4n) is 1.44. The first-order valence-electron chi connectivity index (χ1n) is 4.74. The van der Waals surface area contributed by atoms with Crippen molar-refractivity contribution in [3.8, 4) is 5.75 Å². The molecule has 0 unspecified atom stereocenters. The highest BCUT2D eigenvalue weighted by molar-refractivity contribution is 5.43. The third kappa shape index (κ3) is 2.01. The Morgan fingerprint density at radius 2 is 1.77 bits per heavy atom. The molecule has 0 atom stereocenters. The van der Waals surface area contributed by atoms with E-state index in [-0.39, 0.29) is 5.75 Å². The average molecular weight is 178 g/mol. The van der Waals surface area contributed by atoms with Crippen molar-refractivity contribution in [2.75, 3.05) is 0 Å². The van der Waals surface area contributed by atoms with Gasteiger partial charge in [-0.25, -0.2) is 0 Å². The Bertz CT molecular complexity index is 269. The Labute approximate surface area is 79.4 Å². The van der Waals surface area contributed by atoms with Crippen LogP contribution in [0, 0.1) is 0 Å². The second kappa shape index (κ2) is 4.28. The van der Waals surface area contributed by atoms with Crippen LogP contribution in [0.1, 0.15) is 30.5 Å². The zero-order valence-electron chi connectivity index (χ0n) is 8.26. The van der Waals surface area contributed by atoms with Gasteiger partial charge >= 0.3 is 0 Å². The van der Waals surface area contributed by atoms with Gasteiger partial charge in [-0.2, -0.15) is 0 Å². The van der Waals surface area contributed by atoms with Crippen LogP contribution in [0.2, 0.25) is 0 Å². The Morgan fingerprint density at radius 1 is 1.15 bits per heavy atom. The molecule has 0 saturated heterocycles. The first kappa shape index (κ1) is 10.1. The Hall–Kier alpha value is -1.02. The molecule has 13 heavy (non-hydrogen) atoms. The van der Waals surface area contributed by atoms with Gasteiger partial charge in [0.15, 0.2) is 5.75 Å². The van der Waals surface area contributed by atoms with E-state index in [4.69, 9.17) is 5.73 Å². The maximum atomic E-state index is 11.6. The summed E-state index contributed by atoms with van der Waals surface area (Å²) in [5.74, 6) is 0.127. The van der Waals surface area contributed by atoms with Crippen molar-refractivity contribution < 1.29 is 5.11 Å². The predicted molar refractivity (Wildman–Crippen MR) is 53.2 cm³/mol. The second-order valence-electron chi connectivity index (χ2n) is 3.15. The molecule has 0 aliphatic heterocycles. The number of hydrogen-bond donors (Lipinski definition) is 1. The van der Waals surface area contributed by atoms with Crippen LogP contribution in [0.3, 0.4) is 0 Å². The van der Waals surface area contributed by atoms with Gasteiger partial charge in [-0.15, -0.1) is 0 Å². The van der Waals surface area contributed by atoms with Crippen molar-refractivity contribution in [3.63, 3.8) is 0 Å². The highest BCUT2D eigenvalue weighted by Gasteiger charge is 2.08. The summed E-state index contributed by atoms with van der Waals surface area (Å²) in [5.41, 5.74) is 8.34. The third-order valence-electron chi connectivity index (χ3n) is 2.31. The number of benzene rings is 1. The van der Waals surface area contributed by atoms with E-state index in [0.29, 0.717) is 6.54 Å². The van der Waals surface area contributed by atoms with Crippen molar-refractivity contribution in [2.45, 2.75) is 33.2 Å². The van der Waals surface area contributed by atoms with Gasteiger partial charge in [-0.3, -0.25) is 5.11 Å². The number of nitrogens with two attached hydrogens (primary N) is 1. The fraction of sp³-hybridized carbons (Fsp3) is 0.455. The Kier molecular flexibility index (Phi) is 3.32. The molecule has 2 N–H and O–H groups in total. The van der Waals surface area contributed by atoms with Crippen molar-refractivity contribution in [1.82, 2.24) is 0 Å². The minimum Gasteiger partial charge on any atom is -0.326 e. The van der Waals surface area contributed by atoms with E-state index in [2.05, 4.69) is 6.92 Å². The van der Waals surface area contributed by atoms with Crippen molar-refractivity contribution >= 4 is 0 Å². The van der Waals surface area contributed by atoms with Gasteiger partial charge in [0.05, 0.1) is 0 Å². The molecule has 1 radical (unpaired) electrons. The zero-order valence-corrected chi connectivity index (χ0v) is 8.26. The van der Waals surface area contributed by atoms with Gasteiger partial charge in [0.1, 0.15) is 0 Å². The molecule has 1 rings (SSSR count). The SMILES string of the molecule is CCc1cc(CC)c([O])c(CN)c1. The lowest BCUT2D eigenvalue weighted by molar-refractivity contribution is 0.345. The van der Waals surface area contributed by atoms with Crippen molar-refractivity contribution in [3.05, 3.63) is 28.8 Å². The van der Waals surface area contributed by atoms with Crippen LogP contribution < -0.4 is 5.73 Å². The first-order chi connectivity index (χ1) is 6.22. The van der Waals surface area contributed by atoms with Crippen LogP contribution in [0.4, 0.5) is 0 Å². The lowest BCUT2D eigenvalue weighted by Crippen LogP contribution is -1.99. The quantitative estimate of drug-likeness (QED) is 0.759. The van der Waals surface area contributed by atoms with E-state index >= 15 is 0 Å². The van der Waals surface area contributed by atoms with E-state index in [9.17, 15) is 5.11 Å². The summed E-state index contributed by atoms with van der Waals surface area (Å²) < 4.78 is 0. The molecule has 0 aromatic heterocycles. The van der Waals surface area contributed by atoms with Crippen LogP contribution >= 0.6 is 0 Å². The third-order valence-corrected chi connectivity index (χ3v) is 2.31. The van der Waals surface area contributed by atoms with Crippen LogP contribution in [-0.2, 0) is 24.5 Å². The lowest BCUT2D eigenvalue weighted by Gasteiger charge is -2.07. The van der Waals surface area contributed by atoms with Crippen molar-refractivity contribution in [1.29, 1.82) is 0 Å². The van der Waals surface area contributed by atoms with Crippen molar-refractivity contribution in [2.24, 2.45) is 5.73 Å². The summed E-state index contributed by atoms with van der Waals surface area (Å²) in [4.78, 5) is 0. The van der Waals surface area contributed by atoms with E-state index < -0.39 is 0 Å². The number of rotatable bonds is 3. The van der Waals surface area contributed by atoms with Gasteiger partial charge in [0.2, 0.25) is 0 Å². The molecule has 1 aromatic rings. The molecule has 0 saturated carbocycles. The average Bonchev–Trinajstić information content (AvgIpc) is 2.18. The highest BCUT2D eigenvalue weighted by atomic mass is 16.3. The Morgan fingerprint density at radius 3 is 2.23 bits per heavy atom. The van der Waals surface area contributed by atoms with Gasteiger partial charge in [0.25, 0.3) is 0 Å². The molecule has 0 aliphatic carbocycles. The summed E-state index contributed by atoms with van der Waals surface area (Å²) in [7, 11) is 0. The van der Waals surface area contributed by atoms with E-state index in [1.54, 1.807) is 0 Å². The lowest BCUT2D eigenvalue weighted by atomic mass is 10.0. The summed E-state index contributed by atoms with van der Waals surface area (Å²) in [6, 6.07) is 3.91. The molecule has 2 heteroatoms. The predicted octanol–water partition coefficient (Wildman–Crippen LogP) is 2.41. The molecule has 71 valence electrons. The van der Waals surface area contributed by atoms with Gasteiger partial charge in [-0.05, 0) is 24.0 Å². The standard InChI is InChI=1S/C11H16NO/c1-3-8-5-9(4-2)11(13)10(6-8)7-12/h5-6H,3-4,7,12H2,1-2H3. The molecular formula is C11H16NO. The summed E-state index contributed by atoms with van der Waals surface area (Å²) in [6.07, 6.45) is 1.75. The molecular weight excluding hydrogens is 162 g/mol. The largest absolute Gasteiger partial charge is 0.326 e. The van der Waals surface area contributed by atoms with Gasteiger partial charge in [0, 0.05) is 12.1 Å². The van der Waals surface area contributed by atoms with E-state index in [1.807, 2.05) is 19.1 Å². The molecule has 0 heterocycles. The molecule has 0 fully saturated rings. The number of hydrogen-bond acceptors (Lipinski definition) is 1. The monoisotopic (exact) mass is 178 g/mol. The maximum Gasteiger partial charge on any atom is 0.186 e.